The number of anilines is 1. The molecule has 2 aliphatic rings. The van der Waals surface area contributed by atoms with Crippen LogP contribution in [0.1, 0.15) is 72.8 Å². The molecule has 0 unspecified atom stereocenters. The summed E-state index contributed by atoms with van der Waals surface area (Å²) in [6, 6.07) is 8.67. The van der Waals surface area contributed by atoms with Crippen molar-refractivity contribution in [1.29, 1.82) is 5.26 Å². The Balaban J connectivity index is 1.29. The smallest absolute Gasteiger partial charge is 0.379 e. The maximum Gasteiger partial charge on any atom is 0.417 e. The van der Waals surface area contributed by atoms with Gasteiger partial charge in [0.2, 0.25) is 0 Å². The molecule has 41 heavy (non-hydrogen) atoms. The predicted molar refractivity (Wildman–Crippen MR) is 145 cm³/mol. The lowest BCUT2D eigenvalue weighted by atomic mass is 9.71. The minimum absolute atomic E-state index is 0.175. The van der Waals surface area contributed by atoms with Gasteiger partial charge in [-0.05, 0) is 55.9 Å². The van der Waals surface area contributed by atoms with Crippen LogP contribution in [0.3, 0.4) is 0 Å². The summed E-state index contributed by atoms with van der Waals surface area (Å²) in [6.07, 6.45) is 2.46. The standard InChI is InChI=1S/C29H32F3N7O2/c1-19(2)26-23(17-36-39(26)25-6-3-20(15-35-25)29(30,31)32)27(40)37-21-4-5-24(34-16-21)28(18-33)9-7-22(8-10-28)38-11-13-41-14-12-38/h3-6,15-17,19,22H,7-14H2,1-2H3,(H,37,40)/t22-,28-. The summed E-state index contributed by atoms with van der Waals surface area (Å²) >= 11 is 0. The lowest BCUT2D eigenvalue weighted by Crippen LogP contribution is -2.47. The molecule has 0 bridgehead atoms. The van der Waals surface area contributed by atoms with Crippen LogP contribution in [0.2, 0.25) is 0 Å². The summed E-state index contributed by atoms with van der Waals surface area (Å²) in [6.45, 7) is 7.07. The first kappa shape index (κ1) is 28.7. The van der Waals surface area contributed by atoms with Crippen LogP contribution in [-0.2, 0) is 16.3 Å². The van der Waals surface area contributed by atoms with Crippen molar-refractivity contribution in [2.45, 2.75) is 63.1 Å². The first-order valence-corrected chi connectivity index (χ1v) is 13.7. The monoisotopic (exact) mass is 567 g/mol. The number of morpholine rings is 1. The van der Waals surface area contributed by atoms with E-state index in [1.165, 1.54) is 16.9 Å². The van der Waals surface area contributed by atoms with E-state index in [1.54, 1.807) is 18.3 Å². The number of hydrogen-bond donors (Lipinski definition) is 1. The van der Waals surface area contributed by atoms with Crippen molar-refractivity contribution in [3.8, 4) is 11.9 Å². The molecule has 2 fully saturated rings. The van der Waals surface area contributed by atoms with Gasteiger partial charge in [0.1, 0.15) is 0 Å². The largest absolute Gasteiger partial charge is 0.417 e. The first-order valence-electron chi connectivity index (χ1n) is 13.7. The maximum absolute atomic E-state index is 13.2. The molecule has 3 aromatic rings. The third-order valence-electron chi connectivity index (χ3n) is 7.99. The van der Waals surface area contributed by atoms with Gasteiger partial charge in [-0.2, -0.15) is 23.5 Å². The van der Waals surface area contributed by atoms with E-state index in [-0.39, 0.29) is 17.3 Å². The van der Waals surface area contributed by atoms with Crippen molar-refractivity contribution in [3.05, 3.63) is 65.4 Å². The van der Waals surface area contributed by atoms with Crippen LogP contribution in [0.4, 0.5) is 18.9 Å². The molecule has 1 saturated carbocycles. The number of nitrogens with zero attached hydrogens (tertiary/aromatic N) is 6. The van der Waals surface area contributed by atoms with E-state index in [2.05, 4.69) is 31.4 Å². The normalized spacial score (nSPS) is 21.9. The molecule has 0 spiro atoms. The molecule has 0 aromatic carbocycles. The molecular weight excluding hydrogens is 535 g/mol. The fraction of sp³-hybridized carbons (Fsp3) is 0.483. The molecule has 9 nitrogen and oxygen atoms in total. The third-order valence-corrected chi connectivity index (χ3v) is 7.99. The zero-order chi connectivity index (χ0) is 29.2. The van der Waals surface area contributed by atoms with Crippen molar-refractivity contribution in [1.82, 2.24) is 24.6 Å². The predicted octanol–water partition coefficient (Wildman–Crippen LogP) is 5.09. The maximum atomic E-state index is 13.2. The topological polar surface area (TPSA) is 109 Å². The minimum Gasteiger partial charge on any atom is -0.379 e. The molecule has 0 radical (unpaired) electrons. The molecule has 3 aromatic heterocycles. The Labute approximate surface area is 236 Å². The number of nitriles is 1. The lowest BCUT2D eigenvalue weighted by molar-refractivity contribution is -0.137. The molecule has 1 amide bonds. The number of rotatable bonds is 6. The highest BCUT2D eigenvalue weighted by molar-refractivity contribution is 6.05. The summed E-state index contributed by atoms with van der Waals surface area (Å²) in [7, 11) is 0. The number of carbonyl (C=O) groups excluding carboxylic acids is 1. The van der Waals surface area contributed by atoms with Gasteiger partial charge in [-0.1, -0.05) is 13.8 Å². The number of nitrogens with one attached hydrogen (secondary N) is 1. The van der Waals surface area contributed by atoms with Crippen LogP contribution in [0, 0.1) is 11.3 Å². The molecule has 1 N–H and O–H groups in total. The molecule has 0 atom stereocenters. The second-order valence-electron chi connectivity index (χ2n) is 10.9. The van der Waals surface area contributed by atoms with E-state index < -0.39 is 23.1 Å². The SMILES string of the molecule is CC(C)c1c(C(=O)Nc2ccc([C@]3(C#N)CC[C@@H](N4CCOCC4)CC3)nc2)cnn1-c1ccc(C(F)(F)F)cn1. The highest BCUT2D eigenvalue weighted by Gasteiger charge is 2.40. The van der Waals surface area contributed by atoms with Crippen molar-refractivity contribution in [2.75, 3.05) is 31.6 Å². The second-order valence-corrected chi connectivity index (χ2v) is 10.9. The number of hydrogen-bond acceptors (Lipinski definition) is 7. The minimum atomic E-state index is -4.50. The van der Waals surface area contributed by atoms with Gasteiger partial charge in [0.15, 0.2) is 5.82 Å². The van der Waals surface area contributed by atoms with Crippen LogP contribution in [0.15, 0.2) is 42.9 Å². The Morgan fingerprint density at radius 3 is 2.39 bits per heavy atom. The quantitative estimate of drug-likeness (QED) is 0.442. The second kappa shape index (κ2) is 11.6. The van der Waals surface area contributed by atoms with Crippen molar-refractivity contribution >= 4 is 11.6 Å². The number of pyridine rings is 2. The van der Waals surface area contributed by atoms with Gasteiger partial charge in [-0.25, -0.2) is 9.67 Å². The van der Waals surface area contributed by atoms with Crippen molar-refractivity contribution < 1.29 is 22.7 Å². The molecule has 5 rings (SSSR count). The molecule has 216 valence electrons. The molecular formula is C29H32F3N7O2. The van der Waals surface area contributed by atoms with Gasteiger partial charge in [-0.15, -0.1) is 0 Å². The van der Waals surface area contributed by atoms with Gasteiger partial charge < -0.3 is 10.1 Å². The Morgan fingerprint density at radius 1 is 1.10 bits per heavy atom. The Bertz CT molecular complexity index is 1400. The van der Waals surface area contributed by atoms with E-state index in [0.29, 0.717) is 23.1 Å². The number of carbonyl (C=O) groups is 1. The number of aromatic nitrogens is 4. The molecule has 4 heterocycles. The molecule has 1 aliphatic carbocycles. The zero-order valence-corrected chi connectivity index (χ0v) is 23.0. The van der Waals surface area contributed by atoms with Crippen LogP contribution >= 0.6 is 0 Å². The van der Waals surface area contributed by atoms with Crippen molar-refractivity contribution in [3.63, 3.8) is 0 Å². The van der Waals surface area contributed by atoms with E-state index in [1.807, 2.05) is 13.8 Å². The lowest BCUT2D eigenvalue weighted by Gasteiger charge is -2.41. The number of ether oxygens (including phenoxy) is 1. The van der Waals surface area contributed by atoms with Crippen molar-refractivity contribution in [2.24, 2.45) is 0 Å². The third kappa shape index (κ3) is 5.96. The molecule has 1 aliphatic heterocycles. The molecule has 12 heteroatoms. The fourth-order valence-electron chi connectivity index (χ4n) is 5.73. The number of amides is 1. The van der Waals surface area contributed by atoms with Crippen LogP contribution in [0.25, 0.3) is 5.82 Å². The average Bonchev–Trinajstić information content (AvgIpc) is 3.44. The van der Waals surface area contributed by atoms with Crippen LogP contribution in [0.5, 0.6) is 0 Å². The highest BCUT2D eigenvalue weighted by Crippen LogP contribution is 2.40. The summed E-state index contributed by atoms with van der Waals surface area (Å²) in [4.78, 5) is 24.2. The molecule has 1 saturated heterocycles. The van der Waals surface area contributed by atoms with Gasteiger partial charge in [0.25, 0.3) is 5.91 Å². The van der Waals surface area contributed by atoms with Gasteiger partial charge >= 0.3 is 6.18 Å². The van der Waals surface area contributed by atoms with Crippen LogP contribution < -0.4 is 5.32 Å². The van der Waals surface area contributed by atoms with E-state index >= 15 is 0 Å². The highest BCUT2D eigenvalue weighted by atomic mass is 19.4. The Kier molecular flexibility index (Phi) is 8.11. The van der Waals surface area contributed by atoms with Gasteiger partial charge in [0.05, 0.1) is 65.3 Å². The first-order chi connectivity index (χ1) is 19.6. The van der Waals surface area contributed by atoms with E-state index in [0.717, 1.165) is 64.2 Å². The van der Waals surface area contributed by atoms with Gasteiger partial charge in [-0.3, -0.25) is 14.7 Å². The Morgan fingerprint density at radius 2 is 1.83 bits per heavy atom. The number of halogens is 3. The van der Waals surface area contributed by atoms with Gasteiger partial charge in [0, 0.05) is 25.3 Å². The average molecular weight is 568 g/mol. The number of alkyl halides is 3. The Hall–Kier alpha value is -3.82. The fourth-order valence-corrected chi connectivity index (χ4v) is 5.73. The summed E-state index contributed by atoms with van der Waals surface area (Å²) < 4.78 is 45.7. The summed E-state index contributed by atoms with van der Waals surface area (Å²) in [5, 5.41) is 17.2. The summed E-state index contributed by atoms with van der Waals surface area (Å²) in [5.74, 6) is -0.426. The van der Waals surface area contributed by atoms with E-state index in [4.69, 9.17) is 4.74 Å². The van der Waals surface area contributed by atoms with Crippen LogP contribution in [-0.4, -0.2) is 62.9 Å². The van der Waals surface area contributed by atoms with E-state index in [9.17, 15) is 23.2 Å². The summed E-state index contributed by atoms with van der Waals surface area (Å²) in [5.41, 5.74) is 0.426. The zero-order valence-electron chi connectivity index (χ0n) is 23.0.